The predicted molar refractivity (Wildman–Crippen MR) is 112 cm³/mol. The molecule has 2 aliphatic rings. The number of para-hydroxylation sites is 1. The topological polar surface area (TPSA) is 105 Å². The number of pyridine rings is 1. The smallest absolute Gasteiger partial charge is 0.220 e. The first-order valence-corrected chi connectivity index (χ1v) is 9.60. The lowest BCUT2D eigenvalue weighted by Crippen LogP contribution is -2.55. The van der Waals surface area contributed by atoms with Crippen LogP contribution in [0.15, 0.2) is 34.3 Å². The molecule has 3 heterocycles. The molecule has 3 atom stereocenters. The highest BCUT2D eigenvalue weighted by Gasteiger charge is 2.38. The van der Waals surface area contributed by atoms with Crippen LogP contribution in [-0.4, -0.2) is 41.8 Å². The van der Waals surface area contributed by atoms with E-state index in [4.69, 9.17) is 28.1 Å². The lowest BCUT2D eigenvalue weighted by Gasteiger charge is -2.37. The van der Waals surface area contributed by atoms with Crippen molar-refractivity contribution in [2.75, 3.05) is 18.0 Å². The van der Waals surface area contributed by atoms with Crippen LogP contribution in [0.1, 0.15) is 31.7 Å². The van der Waals surface area contributed by atoms with Crippen LogP contribution in [0.2, 0.25) is 5.02 Å². The van der Waals surface area contributed by atoms with Crippen molar-refractivity contribution in [2.24, 2.45) is 21.5 Å². The predicted octanol–water partition coefficient (Wildman–Crippen LogP) is 2.49. The van der Waals surface area contributed by atoms with Gasteiger partial charge >= 0.3 is 0 Å². The molecule has 1 unspecified atom stereocenters. The van der Waals surface area contributed by atoms with E-state index in [1.54, 1.807) is 6.07 Å². The van der Waals surface area contributed by atoms with Crippen LogP contribution in [0.3, 0.4) is 0 Å². The fourth-order valence-electron chi connectivity index (χ4n) is 3.86. The van der Waals surface area contributed by atoms with Crippen molar-refractivity contribution in [1.82, 2.24) is 10.3 Å². The van der Waals surface area contributed by atoms with Gasteiger partial charge in [-0.05, 0) is 25.5 Å². The number of aliphatic imine (C=N–C) groups is 2. The minimum Gasteiger partial charge on any atom is -0.370 e. The van der Waals surface area contributed by atoms with E-state index in [2.05, 4.69) is 15.3 Å². The summed E-state index contributed by atoms with van der Waals surface area (Å²) in [5.74, 6) is 0.870. The number of rotatable bonds is 3. The summed E-state index contributed by atoms with van der Waals surface area (Å²) in [4.78, 5) is 15.2. The highest BCUT2D eigenvalue weighted by atomic mass is 35.5. The van der Waals surface area contributed by atoms with Crippen LogP contribution >= 0.6 is 11.6 Å². The average molecular weight is 404 g/mol. The monoisotopic (exact) mass is 403 g/mol. The Hall–Kier alpha value is -2.61. The highest BCUT2D eigenvalue weighted by molar-refractivity contribution is 6.35. The van der Waals surface area contributed by atoms with E-state index in [-0.39, 0.29) is 17.8 Å². The molecule has 7 nitrogen and oxygen atoms in total. The second-order valence-corrected chi connectivity index (χ2v) is 7.91. The molecule has 1 aromatic carbocycles. The van der Waals surface area contributed by atoms with Gasteiger partial charge < -0.3 is 21.7 Å². The fourth-order valence-corrected chi connectivity index (χ4v) is 4.08. The summed E-state index contributed by atoms with van der Waals surface area (Å²) in [5, 5.41) is 4.60. The van der Waals surface area contributed by atoms with Crippen molar-refractivity contribution < 1.29 is 4.39 Å². The number of hydrogen-bond donors (Lipinski definition) is 3. The zero-order valence-electron chi connectivity index (χ0n) is 15.8. The summed E-state index contributed by atoms with van der Waals surface area (Å²) in [5.41, 5.74) is 12.6. The Morgan fingerprint density at radius 1 is 1.39 bits per heavy atom. The van der Waals surface area contributed by atoms with Gasteiger partial charge in [0.25, 0.3) is 0 Å². The Morgan fingerprint density at radius 3 is 2.86 bits per heavy atom. The zero-order valence-corrected chi connectivity index (χ0v) is 16.5. The van der Waals surface area contributed by atoms with E-state index in [9.17, 15) is 4.39 Å². The van der Waals surface area contributed by atoms with Gasteiger partial charge in [0.2, 0.25) is 5.96 Å². The third-order valence-electron chi connectivity index (χ3n) is 5.51. The van der Waals surface area contributed by atoms with Gasteiger partial charge in [0.1, 0.15) is 17.7 Å². The van der Waals surface area contributed by atoms with Crippen molar-refractivity contribution in [2.45, 2.75) is 38.0 Å². The van der Waals surface area contributed by atoms with Crippen molar-refractivity contribution >= 4 is 40.2 Å². The number of hydrogen-bond acceptors (Lipinski definition) is 7. The van der Waals surface area contributed by atoms with Gasteiger partial charge in [0.15, 0.2) is 5.96 Å². The molecule has 2 aliphatic heterocycles. The number of benzene rings is 1. The van der Waals surface area contributed by atoms with Crippen LogP contribution in [0, 0.1) is 0 Å². The molecule has 2 aromatic rings. The van der Waals surface area contributed by atoms with Crippen LogP contribution in [0.25, 0.3) is 10.9 Å². The van der Waals surface area contributed by atoms with E-state index >= 15 is 0 Å². The quantitative estimate of drug-likeness (QED) is 0.730. The largest absolute Gasteiger partial charge is 0.370 e. The van der Waals surface area contributed by atoms with Crippen LogP contribution in [-0.2, 0) is 0 Å². The Balaban J connectivity index is 1.86. The zero-order chi connectivity index (χ0) is 20.1. The van der Waals surface area contributed by atoms with Crippen molar-refractivity contribution in [3.63, 3.8) is 0 Å². The molecule has 28 heavy (non-hydrogen) atoms. The summed E-state index contributed by atoms with van der Waals surface area (Å²) in [7, 11) is 0. The third-order valence-corrected chi connectivity index (χ3v) is 5.81. The molecule has 1 saturated heterocycles. The molecule has 0 spiro atoms. The lowest BCUT2D eigenvalue weighted by atomic mass is 9.88. The molecule has 4 rings (SSSR count). The molecule has 0 saturated carbocycles. The van der Waals surface area contributed by atoms with Crippen LogP contribution in [0.5, 0.6) is 0 Å². The maximum Gasteiger partial charge on any atom is 0.220 e. The average Bonchev–Trinajstić information content (AvgIpc) is 3.05. The standard InChI is InChI=1S/C19H23ClFN7/c1-10(19(2)26-17(22)25-18(23)27-19)13-8-11-4-3-5-14(20)15(11)24-16(13)28-7-6-12(21)9-28/h3-5,8,10,12H,6-7,9H2,1-2H3,(H5,22,23,25,26,27)/t10-,12-/m0/s1. The van der Waals surface area contributed by atoms with Gasteiger partial charge in [-0.1, -0.05) is 30.7 Å². The van der Waals surface area contributed by atoms with Gasteiger partial charge in [-0.15, -0.1) is 0 Å². The summed E-state index contributed by atoms with van der Waals surface area (Å²) < 4.78 is 13.9. The van der Waals surface area contributed by atoms with Crippen molar-refractivity contribution in [1.29, 1.82) is 0 Å². The third kappa shape index (κ3) is 3.22. The molecule has 0 radical (unpaired) electrons. The molecular weight excluding hydrogens is 381 g/mol. The van der Waals surface area contributed by atoms with E-state index in [1.807, 2.05) is 36.9 Å². The molecular formula is C19H23ClFN7. The molecule has 5 N–H and O–H groups in total. The van der Waals surface area contributed by atoms with E-state index in [0.29, 0.717) is 35.9 Å². The molecule has 0 amide bonds. The number of nitrogens with zero attached hydrogens (tertiary/aromatic N) is 4. The van der Waals surface area contributed by atoms with Crippen molar-refractivity contribution in [3.05, 3.63) is 34.9 Å². The Kier molecular flexibility index (Phi) is 4.53. The summed E-state index contributed by atoms with van der Waals surface area (Å²) in [6, 6.07) is 7.69. The number of halogens is 2. The Labute approximate surface area is 167 Å². The van der Waals surface area contributed by atoms with Gasteiger partial charge in [-0.3, -0.25) is 0 Å². The minimum atomic E-state index is -0.869. The lowest BCUT2D eigenvalue weighted by molar-refractivity contribution is 0.361. The molecule has 0 aliphatic carbocycles. The molecule has 0 bridgehead atoms. The van der Waals surface area contributed by atoms with Crippen LogP contribution in [0.4, 0.5) is 10.2 Å². The number of alkyl halides is 1. The first-order valence-electron chi connectivity index (χ1n) is 9.22. The van der Waals surface area contributed by atoms with Crippen molar-refractivity contribution in [3.8, 4) is 0 Å². The first kappa shape index (κ1) is 18.7. The maximum absolute atomic E-state index is 13.9. The van der Waals surface area contributed by atoms with Gasteiger partial charge in [-0.2, -0.15) is 4.99 Å². The molecule has 9 heteroatoms. The van der Waals surface area contributed by atoms with E-state index in [1.165, 1.54) is 0 Å². The minimum absolute atomic E-state index is 0.119. The Bertz CT molecular complexity index is 992. The number of fused-ring (bicyclic) bond motifs is 1. The first-order chi connectivity index (χ1) is 13.3. The normalized spacial score (nSPS) is 26.0. The van der Waals surface area contributed by atoms with E-state index < -0.39 is 11.8 Å². The van der Waals surface area contributed by atoms with E-state index in [0.717, 1.165) is 10.9 Å². The number of nitrogens with one attached hydrogen (secondary N) is 1. The molecule has 1 fully saturated rings. The highest BCUT2D eigenvalue weighted by Crippen LogP contribution is 2.39. The fraction of sp³-hybridized carbons (Fsp3) is 0.421. The second-order valence-electron chi connectivity index (χ2n) is 7.51. The summed E-state index contributed by atoms with van der Waals surface area (Å²) in [6.07, 6.45) is -0.386. The van der Waals surface area contributed by atoms with Gasteiger partial charge in [0.05, 0.1) is 17.1 Å². The SMILES string of the molecule is C[C@@H](c1cc2cccc(Cl)c2nc1N1CC[C@H](F)C1)C1(C)N=C(N)N=C(N)N1. The number of anilines is 1. The van der Waals surface area contributed by atoms with Gasteiger partial charge in [0, 0.05) is 23.4 Å². The number of guanidine groups is 2. The summed E-state index contributed by atoms with van der Waals surface area (Å²) >= 11 is 6.37. The molecule has 1 aromatic heterocycles. The Morgan fingerprint density at radius 2 is 2.18 bits per heavy atom. The summed E-state index contributed by atoms with van der Waals surface area (Å²) in [6.45, 7) is 4.83. The maximum atomic E-state index is 13.9. The van der Waals surface area contributed by atoms with Crippen LogP contribution < -0.4 is 21.7 Å². The van der Waals surface area contributed by atoms with Gasteiger partial charge in [-0.25, -0.2) is 14.4 Å². The molecule has 148 valence electrons. The number of aromatic nitrogens is 1. The number of nitrogens with two attached hydrogens (primary N) is 2. The second kappa shape index (κ2) is 6.77.